The fourth-order valence-electron chi connectivity index (χ4n) is 4.66. The van der Waals surface area contributed by atoms with Crippen molar-refractivity contribution in [3.05, 3.63) is 82.3 Å². The molecule has 0 unspecified atom stereocenters. The van der Waals surface area contributed by atoms with Crippen molar-refractivity contribution in [3.63, 3.8) is 0 Å². The SMILES string of the molecule is CCC1(C[C@H](NC(=O)OCc2ccccc2)C(=O)OCC(=O)c2ccc3c(c2)oc2cc(Br)ccc23)CC1. The number of benzene rings is 3. The first kappa shape index (κ1) is 26.0. The summed E-state index contributed by atoms with van der Waals surface area (Å²) in [4.78, 5) is 38.4. The van der Waals surface area contributed by atoms with Gasteiger partial charge in [0.05, 0.1) is 0 Å². The molecule has 1 aliphatic carbocycles. The monoisotopic (exact) mass is 577 g/mol. The predicted molar refractivity (Wildman–Crippen MR) is 147 cm³/mol. The molecule has 0 spiro atoms. The first-order valence-electron chi connectivity index (χ1n) is 12.6. The second kappa shape index (κ2) is 11.0. The normalized spacial score (nSPS) is 14.7. The molecule has 0 bridgehead atoms. The van der Waals surface area contributed by atoms with Crippen molar-refractivity contribution in [1.29, 1.82) is 0 Å². The molecule has 4 aromatic rings. The number of esters is 1. The number of ether oxygens (including phenoxy) is 2. The van der Waals surface area contributed by atoms with E-state index in [0.717, 1.165) is 40.1 Å². The first-order valence-corrected chi connectivity index (χ1v) is 13.4. The molecule has 1 fully saturated rings. The highest BCUT2D eigenvalue weighted by molar-refractivity contribution is 9.10. The Morgan fingerprint density at radius 3 is 2.39 bits per heavy atom. The average Bonchev–Trinajstić information content (AvgIpc) is 3.61. The van der Waals surface area contributed by atoms with Gasteiger partial charge in [-0.1, -0.05) is 65.7 Å². The van der Waals surface area contributed by atoms with Crippen LogP contribution in [0.3, 0.4) is 0 Å². The molecule has 1 saturated carbocycles. The molecule has 196 valence electrons. The highest BCUT2D eigenvalue weighted by atomic mass is 79.9. The van der Waals surface area contributed by atoms with Crippen LogP contribution in [0.4, 0.5) is 4.79 Å². The molecule has 8 heteroatoms. The van der Waals surface area contributed by atoms with Gasteiger partial charge in [-0.15, -0.1) is 0 Å². The Morgan fingerprint density at radius 1 is 0.974 bits per heavy atom. The smallest absolute Gasteiger partial charge is 0.408 e. The van der Waals surface area contributed by atoms with Gasteiger partial charge in [-0.05, 0) is 60.6 Å². The summed E-state index contributed by atoms with van der Waals surface area (Å²) in [5, 5.41) is 4.51. The highest BCUT2D eigenvalue weighted by Crippen LogP contribution is 2.52. The Kier molecular flexibility index (Phi) is 7.51. The third-order valence-electron chi connectivity index (χ3n) is 7.24. The van der Waals surface area contributed by atoms with Crippen LogP contribution >= 0.6 is 15.9 Å². The number of carbonyl (C=O) groups is 3. The summed E-state index contributed by atoms with van der Waals surface area (Å²) in [7, 11) is 0. The summed E-state index contributed by atoms with van der Waals surface area (Å²) in [6.45, 7) is 1.72. The van der Waals surface area contributed by atoms with Crippen LogP contribution in [0.2, 0.25) is 0 Å². The minimum absolute atomic E-state index is 0.00171. The molecule has 3 aromatic carbocycles. The summed E-state index contributed by atoms with van der Waals surface area (Å²) < 4.78 is 17.5. The summed E-state index contributed by atoms with van der Waals surface area (Å²) in [6.07, 6.45) is 2.61. The van der Waals surface area contributed by atoms with Gasteiger partial charge < -0.3 is 19.2 Å². The van der Waals surface area contributed by atoms with Crippen LogP contribution < -0.4 is 5.32 Å². The van der Waals surface area contributed by atoms with E-state index in [4.69, 9.17) is 13.9 Å². The van der Waals surface area contributed by atoms with Crippen LogP contribution in [-0.4, -0.2) is 30.5 Å². The Hall–Kier alpha value is -3.65. The van der Waals surface area contributed by atoms with Crippen LogP contribution in [0.25, 0.3) is 21.9 Å². The zero-order valence-corrected chi connectivity index (χ0v) is 22.6. The number of ketones is 1. The molecule has 1 amide bonds. The number of alkyl carbamates (subject to hydrolysis) is 1. The molecule has 1 aromatic heterocycles. The quantitative estimate of drug-likeness (QED) is 0.162. The average molecular weight is 578 g/mol. The van der Waals surface area contributed by atoms with Crippen LogP contribution in [0.1, 0.15) is 48.5 Å². The van der Waals surface area contributed by atoms with Crippen molar-refractivity contribution in [2.75, 3.05) is 6.61 Å². The van der Waals surface area contributed by atoms with Crippen molar-refractivity contribution in [2.45, 2.75) is 45.3 Å². The molecular weight excluding hydrogens is 550 g/mol. The largest absolute Gasteiger partial charge is 0.456 e. The maximum Gasteiger partial charge on any atom is 0.408 e. The molecule has 0 radical (unpaired) electrons. The lowest BCUT2D eigenvalue weighted by atomic mass is 9.94. The van der Waals surface area contributed by atoms with E-state index in [2.05, 4.69) is 28.2 Å². The van der Waals surface area contributed by atoms with Gasteiger partial charge in [-0.25, -0.2) is 9.59 Å². The molecule has 1 aliphatic rings. The number of amides is 1. The van der Waals surface area contributed by atoms with Crippen LogP contribution in [0.15, 0.2) is 75.6 Å². The van der Waals surface area contributed by atoms with E-state index in [-0.39, 0.29) is 17.8 Å². The molecule has 0 aliphatic heterocycles. The lowest BCUT2D eigenvalue weighted by molar-refractivity contribution is -0.145. The molecule has 1 N–H and O–H groups in total. The Labute approximate surface area is 228 Å². The van der Waals surface area contributed by atoms with E-state index in [0.29, 0.717) is 23.2 Å². The molecule has 5 rings (SSSR count). The van der Waals surface area contributed by atoms with Crippen molar-refractivity contribution < 1.29 is 28.3 Å². The van der Waals surface area contributed by atoms with Crippen molar-refractivity contribution in [2.24, 2.45) is 5.41 Å². The van der Waals surface area contributed by atoms with E-state index < -0.39 is 24.7 Å². The van der Waals surface area contributed by atoms with Crippen molar-refractivity contribution >= 4 is 55.7 Å². The zero-order valence-electron chi connectivity index (χ0n) is 21.0. The van der Waals surface area contributed by atoms with Gasteiger partial charge in [0.1, 0.15) is 23.8 Å². The number of carbonyl (C=O) groups excluding carboxylic acids is 3. The third kappa shape index (κ3) is 5.91. The van der Waals surface area contributed by atoms with Crippen LogP contribution in [0, 0.1) is 5.41 Å². The van der Waals surface area contributed by atoms with Gasteiger partial charge in [-0.3, -0.25) is 4.79 Å². The lowest BCUT2D eigenvalue weighted by Crippen LogP contribution is -2.44. The highest BCUT2D eigenvalue weighted by Gasteiger charge is 2.44. The topological polar surface area (TPSA) is 94.8 Å². The van der Waals surface area contributed by atoms with Gasteiger partial charge >= 0.3 is 12.1 Å². The number of Topliss-reactive ketones (excluding diaryl/α,β-unsaturated/α-hetero) is 1. The zero-order chi connectivity index (χ0) is 26.7. The fraction of sp³-hybridized carbons (Fsp3) is 0.300. The number of furan rings is 1. The Balaban J connectivity index is 1.23. The number of halogens is 1. The predicted octanol–water partition coefficient (Wildman–Crippen LogP) is 6.95. The van der Waals surface area contributed by atoms with Crippen LogP contribution in [-0.2, 0) is 20.9 Å². The number of fused-ring (bicyclic) bond motifs is 3. The minimum atomic E-state index is -0.898. The number of nitrogens with one attached hydrogen (secondary N) is 1. The summed E-state index contributed by atoms with van der Waals surface area (Å²) >= 11 is 3.44. The number of hydrogen-bond acceptors (Lipinski definition) is 6. The lowest BCUT2D eigenvalue weighted by Gasteiger charge is -2.22. The van der Waals surface area contributed by atoms with E-state index >= 15 is 0 Å². The number of hydrogen-bond donors (Lipinski definition) is 1. The Morgan fingerprint density at radius 2 is 1.68 bits per heavy atom. The maximum absolute atomic E-state index is 13.0. The Bertz CT molecular complexity index is 1490. The van der Waals surface area contributed by atoms with Crippen molar-refractivity contribution in [3.8, 4) is 0 Å². The third-order valence-corrected chi connectivity index (χ3v) is 7.73. The van der Waals surface area contributed by atoms with Gasteiger partial charge in [0.25, 0.3) is 0 Å². The van der Waals surface area contributed by atoms with E-state index in [1.165, 1.54) is 0 Å². The maximum atomic E-state index is 13.0. The number of rotatable bonds is 10. The van der Waals surface area contributed by atoms with Gasteiger partial charge in [0.15, 0.2) is 12.4 Å². The molecule has 1 heterocycles. The molecule has 0 saturated heterocycles. The van der Waals surface area contributed by atoms with Crippen LogP contribution in [0.5, 0.6) is 0 Å². The second-order valence-corrected chi connectivity index (χ2v) is 10.7. The molecule has 7 nitrogen and oxygen atoms in total. The summed E-state index contributed by atoms with van der Waals surface area (Å²) in [6, 6.07) is 19.3. The van der Waals surface area contributed by atoms with E-state index in [1.807, 2.05) is 54.6 Å². The molecular formula is C30H28BrNO6. The summed E-state index contributed by atoms with van der Waals surface area (Å²) in [5.74, 6) is -1.01. The van der Waals surface area contributed by atoms with Gasteiger partial charge in [-0.2, -0.15) is 0 Å². The first-order chi connectivity index (χ1) is 18.4. The van der Waals surface area contributed by atoms with E-state index in [9.17, 15) is 14.4 Å². The minimum Gasteiger partial charge on any atom is -0.456 e. The van der Waals surface area contributed by atoms with Gasteiger partial charge in [0, 0.05) is 20.8 Å². The van der Waals surface area contributed by atoms with Crippen molar-refractivity contribution in [1.82, 2.24) is 5.32 Å². The summed E-state index contributed by atoms with van der Waals surface area (Å²) in [5.41, 5.74) is 2.51. The fourth-order valence-corrected chi connectivity index (χ4v) is 5.00. The molecule has 38 heavy (non-hydrogen) atoms. The molecule has 1 atom stereocenters. The second-order valence-electron chi connectivity index (χ2n) is 9.80. The van der Waals surface area contributed by atoms with E-state index in [1.54, 1.807) is 12.1 Å². The standard InChI is InChI=1S/C30H28BrNO6/c1-2-30(12-13-30)16-24(32-29(35)37-17-19-6-4-3-5-7-19)28(34)36-18-25(33)20-8-10-22-23-11-9-21(31)15-27(23)38-26(22)14-20/h3-11,14-15,24H,2,12-13,16-18H2,1H3,(H,32,35)/t24-/m0/s1. The van der Waals surface area contributed by atoms with Gasteiger partial charge in [0.2, 0.25) is 0 Å².